The summed E-state index contributed by atoms with van der Waals surface area (Å²) < 4.78 is 62.1. The van der Waals surface area contributed by atoms with Crippen LogP contribution in [0.3, 0.4) is 0 Å². The van der Waals surface area contributed by atoms with Gasteiger partial charge >= 0.3 is 12.1 Å². The van der Waals surface area contributed by atoms with Crippen LogP contribution in [0.25, 0.3) is 0 Å². The molecule has 2 rings (SSSR count). The van der Waals surface area contributed by atoms with Gasteiger partial charge < -0.3 is 5.73 Å². The van der Waals surface area contributed by atoms with Crippen LogP contribution in [0.1, 0.15) is 23.5 Å². The van der Waals surface area contributed by atoms with Crippen LogP contribution in [0.5, 0.6) is 0 Å². The van der Waals surface area contributed by atoms with Crippen molar-refractivity contribution in [3.8, 4) is 0 Å². The largest absolute Gasteiger partial charge is 0.458 e. The normalized spacial score (nSPS) is 24.8. The summed E-state index contributed by atoms with van der Waals surface area (Å²) >= 11 is 0. The van der Waals surface area contributed by atoms with Crippen molar-refractivity contribution >= 4 is 0 Å². The van der Waals surface area contributed by atoms with E-state index in [4.69, 9.17) is 5.73 Å². The molecule has 94 valence electrons. The summed E-state index contributed by atoms with van der Waals surface area (Å²) in [6.07, 6.45) is -4.82. The van der Waals surface area contributed by atoms with Gasteiger partial charge in [-0.15, -0.1) is 0 Å². The van der Waals surface area contributed by atoms with E-state index in [2.05, 4.69) is 0 Å². The fourth-order valence-corrected chi connectivity index (χ4v) is 1.70. The SMILES string of the molecule is N[C@@H]1C[C@H]1c1ccc(C(F)(F)C(F)(F)F)cc1. The molecular formula is C11H10F5N. The van der Waals surface area contributed by atoms with Crippen molar-refractivity contribution in [1.29, 1.82) is 0 Å². The molecular weight excluding hydrogens is 241 g/mol. The van der Waals surface area contributed by atoms with Crippen molar-refractivity contribution < 1.29 is 22.0 Å². The predicted molar refractivity (Wildman–Crippen MR) is 51.7 cm³/mol. The number of benzene rings is 1. The van der Waals surface area contributed by atoms with Gasteiger partial charge in [-0.25, -0.2) is 0 Å². The molecule has 0 spiro atoms. The zero-order chi connectivity index (χ0) is 12.8. The maximum absolute atomic E-state index is 12.9. The molecule has 6 heteroatoms. The first-order chi connectivity index (χ1) is 7.73. The molecule has 1 fully saturated rings. The molecule has 17 heavy (non-hydrogen) atoms. The number of nitrogens with two attached hydrogens (primary N) is 1. The van der Waals surface area contributed by atoms with Crippen molar-refractivity contribution in [2.24, 2.45) is 5.73 Å². The Bertz CT molecular complexity index is 409. The second-order valence-corrected chi connectivity index (χ2v) is 4.20. The highest BCUT2D eigenvalue weighted by Crippen LogP contribution is 2.45. The molecule has 0 aromatic heterocycles. The molecule has 0 saturated heterocycles. The Morgan fingerprint density at radius 1 is 1.00 bits per heavy atom. The molecule has 1 aliphatic carbocycles. The number of halogens is 5. The van der Waals surface area contributed by atoms with Gasteiger partial charge in [-0.05, 0) is 12.0 Å². The summed E-state index contributed by atoms with van der Waals surface area (Å²) in [5, 5.41) is 0. The second-order valence-electron chi connectivity index (χ2n) is 4.20. The van der Waals surface area contributed by atoms with Gasteiger partial charge in [0.2, 0.25) is 0 Å². The van der Waals surface area contributed by atoms with Crippen LogP contribution in [0.2, 0.25) is 0 Å². The van der Waals surface area contributed by atoms with Crippen LogP contribution in [-0.4, -0.2) is 12.2 Å². The molecule has 0 bridgehead atoms. The fourth-order valence-electron chi connectivity index (χ4n) is 1.70. The Morgan fingerprint density at radius 2 is 1.47 bits per heavy atom. The maximum Gasteiger partial charge on any atom is 0.458 e. The lowest BCUT2D eigenvalue weighted by atomic mass is 10.0. The third-order valence-corrected chi connectivity index (χ3v) is 2.90. The Kier molecular flexibility index (Phi) is 2.65. The standard InChI is InChI=1S/C11H10F5N/c12-10(13,11(14,15)16)7-3-1-6(2-4-7)8-5-9(8)17/h1-4,8-9H,5,17H2/t8-,9+/m0/s1. The van der Waals surface area contributed by atoms with Crippen LogP contribution < -0.4 is 5.73 Å². The highest BCUT2D eigenvalue weighted by Gasteiger charge is 2.58. The quantitative estimate of drug-likeness (QED) is 0.803. The monoisotopic (exact) mass is 251 g/mol. The first-order valence-electron chi connectivity index (χ1n) is 5.04. The minimum absolute atomic E-state index is 0.0102. The van der Waals surface area contributed by atoms with Gasteiger partial charge in [0.15, 0.2) is 0 Å². The number of hydrogen-bond donors (Lipinski definition) is 1. The van der Waals surface area contributed by atoms with Crippen LogP contribution in [0, 0.1) is 0 Å². The lowest BCUT2D eigenvalue weighted by molar-refractivity contribution is -0.289. The maximum atomic E-state index is 12.9. The average Bonchev–Trinajstić information content (AvgIpc) is 2.94. The summed E-state index contributed by atoms with van der Waals surface area (Å²) in [5.41, 5.74) is 5.23. The molecule has 2 N–H and O–H groups in total. The van der Waals surface area contributed by atoms with Crippen LogP contribution in [0.4, 0.5) is 22.0 Å². The highest BCUT2D eigenvalue weighted by atomic mass is 19.4. The number of hydrogen-bond acceptors (Lipinski definition) is 1. The van der Waals surface area contributed by atoms with E-state index in [-0.39, 0.29) is 12.0 Å². The average molecular weight is 251 g/mol. The van der Waals surface area contributed by atoms with E-state index in [1.807, 2.05) is 0 Å². The van der Waals surface area contributed by atoms with Gasteiger partial charge in [-0.2, -0.15) is 22.0 Å². The first-order valence-corrected chi connectivity index (χ1v) is 5.04. The third kappa shape index (κ3) is 2.13. The summed E-state index contributed by atoms with van der Waals surface area (Å²) in [4.78, 5) is 0. The smallest absolute Gasteiger partial charge is 0.327 e. The zero-order valence-electron chi connectivity index (χ0n) is 8.64. The second kappa shape index (κ2) is 3.66. The van der Waals surface area contributed by atoms with Gasteiger partial charge in [-0.1, -0.05) is 24.3 Å². The molecule has 1 aliphatic rings. The van der Waals surface area contributed by atoms with E-state index >= 15 is 0 Å². The van der Waals surface area contributed by atoms with E-state index in [0.29, 0.717) is 5.56 Å². The molecule has 1 aromatic carbocycles. The molecule has 1 aromatic rings. The van der Waals surface area contributed by atoms with Gasteiger partial charge in [0.05, 0.1) is 0 Å². The van der Waals surface area contributed by atoms with Crippen molar-refractivity contribution in [2.75, 3.05) is 0 Å². The third-order valence-electron chi connectivity index (χ3n) is 2.90. The van der Waals surface area contributed by atoms with Gasteiger partial charge in [-0.3, -0.25) is 0 Å². The van der Waals surface area contributed by atoms with Crippen molar-refractivity contribution in [2.45, 2.75) is 30.5 Å². The molecule has 2 atom stereocenters. The highest BCUT2D eigenvalue weighted by molar-refractivity contribution is 5.33. The fraction of sp³-hybridized carbons (Fsp3) is 0.455. The first kappa shape index (κ1) is 12.3. The van der Waals surface area contributed by atoms with E-state index in [1.54, 1.807) is 0 Å². The Balaban J connectivity index is 2.23. The Hall–Kier alpha value is -1.17. The number of rotatable bonds is 2. The van der Waals surface area contributed by atoms with Crippen LogP contribution >= 0.6 is 0 Å². The summed E-state index contributed by atoms with van der Waals surface area (Å²) in [6, 6.07) is 4.18. The van der Waals surface area contributed by atoms with Crippen molar-refractivity contribution in [3.05, 3.63) is 35.4 Å². The lowest BCUT2D eigenvalue weighted by Crippen LogP contribution is -2.33. The minimum atomic E-state index is -5.56. The summed E-state index contributed by atoms with van der Waals surface area (Å²) in [6.45, 7) is 0. The topological polar surface area (TPSA) is 26.0 Å². The van der Waals surface area contributed by atoms with Crippen molar-refractivity contribution in [1.82, 2.24) is 0 Å². The molecule has 1 saturated carbocycles. The molecule has 1 nitrogen and oxygen atoms in total. The van der Waals surface area contributed by atoms with Gasteiger partial charge in [0, 0.05) is 17.5 Å². The van der Waals surface area contributed by atoms with Gasteiger partial charge in [0.1, 0.15) is 0 Å². The summed E-state index contributed by atoms with van der Waals surface area (Å²) in [7, 11) is 0. The molecule has 0 amide bonds. The lowest BCUT2D eigenvalue weighted by Gasteiger charge is -2.19. The molecule has 0 unspecified atom stereocenters. The van der Waals surface area contributed by atoms with E-state index in [9.17, 15) is 22.0 Å². The molecule has 0 heterocycles. The number of alkyl halides is 5. The minimum Gasteiger partial charge on any atom is -0.327 e. The molecule has 0 radical (unpaired) electrons. The van der Waals surface area contributed by atoms with E-state index in [1.165, 1.54) is 12.1 Å². The van der Waals surface area contributed by atoms with Crippen LogP contribution in [-0.2, 0) is 5.92 Å². The Morgan fingerprint density at radius 3 is 1.82 bits per heavy atom. The zero-order valence-corrected chi connectivity index (χ0v) is 8.64. The van der Waals surface area contributed by atoms with Gasteiger partial charge in [0.25, 0.3) is 0 Å². The van der Waals surface area contributed by atoms with E-state index in [0.717, 1.165) is 18.6 Å². The summed E-state index contributed by atoms with van der Waals surface area (Å²) in [5.74, 6) is -4.72. The van der Waals surface area contributed by atoms with Crippen molar-refractivity contribution in [3.63, 3.8) is 0 Å². The van der Waals surface area contributed by atoms with E-state index < -0.39 is 17.7 Å². The van der Waals surface area contributed by atoms with Crippen LogP contribution in [0.15, 0.2) is 24.3 Å². The predicted octanol–water partition coefficient (Wildman–Crippen LogP) is 3.16. The molecule has 0 aliphatic heterocycles. The Labute approximate surface area is 94.4 Å².